The summed E-state index contributed by atoms with van der Waals surface area (Å²) in [4.78, 5) is 2.58. The lowest BCUT2D eigenvalue weighted by atomic mass is 9.63. The Morgan fingerprint density at radius 2 is 2.18 bits per heavy atom. The van der Waals surface area contributed by atoms with Gasteiger partial charge in [0, 0.05) is 6.04 Å². The van der Waals surface area contributed by atoms with Gasteiger partial charge in [-0.25, -0.2) is 0 Å². The SMILES string of the molecule is Cc1cccc([C@]23CCC[C@H](C2)N(C)CC3)c1. The second-order valence-electron chi connectivity index (χ2n) is 6.13. The zero-order chi connectivity index (χ0) is 11.9. The van der Waals surface area contributed by atoms with Crippen molar-refractivity contribution in [1.82, 2.24) is 4.90 Å². The Hall–Kier alpha value is -0.820. The van der Waals surface area contributed by atoms with Crippen molar-refractivity contribution in [2.24, 2.45) is 0 Å². The summed E-state index contributed by atoms with van der Waals surface area (Å²) < 4.78 is 0. The highest BCUT2D eigenvalue weighted by Crippen LogP contribution is 2.46. The number of fused-ring (bicyclic) bond motifs is 2. The number of benzene rings is 1. The maximum absolute atomic E-state index is 2.58. The van der Waals surface area contributed by atoms with Crippen LogP contribution in [0.1, 0.15) is 43.2 Å². The van der Waals surface area contributed by atoms with Crippen LogP contribution in [0.2, 0.25) is 0 Å². The quantitative estimate of drug-likeness (QED) is 0.712. The highest BCUT2D eigenvalue weighted by molar-refractivity contribution is 5.31. The first kappa shape index (κ1) is 11.3. The molecule has 2 bridgehead atoms. The van der Waals surface area contributed by atoms with Crippen LogP contribution >= 0.6 is 0 Å². The lowest BCUT2D eigenvalue weighted by molar-refractivity contribution is 0.0720. The third kappa shape index (κ3) is 1.91. The summed E-state index contributed by atoms with van der Waals surface area (Å²) >= 11 is 0. The van der Waals surface area contributed by atoms with Gasteiger partial charge in [0.25, 0.3) is 0 Å². The molecule has 0 amide bonds. The van der Waals surface area contributed by atoms with E-state index in [4.69, 9.17) is 0 Å². The predicted molar refractivity (Wildman–Crippen MR) is 72.4 cm³/mol. The van der Waals surface area contributed by atoms with Crippen LogP contribution in [0.15, 0.2) is 24.3 Å². The second kappa shape index (κ2) is 4.13. The van der Waals surface area contributed by atoms with E-state index in [0.717, 1.165) is 6.04 Å². The molecule has 1 aliphatic heterocycles. The molecule has 2 atom stereocenters. The maximum atomic E-state index is 2.58. The van der Waals surface area contributed by atoms with Gasteiger partial charge in [-0.15, -0.1) is 0 Å². The van der Waals surface area contributed by atoms with Gasteiger partial charge < -0.3 is 4.90 Å². The summed E-state index contributed by atoms with van der Waals surface area (Å²) in [5.74, 6) is 0. The van der Waals surface area contributed by atoms with E-state index in [0.29, 0.717) is 5.41 Å². The Morgan fingerprint density at radius 3 is 3.00 bits per heavy atom. The summed E-state index contributed by atoms with van der Waals surface area (Å²) in [6.07, 6.45) is 6.95. The molecule has 0 spiro atoms. The Morgan fingerprint density at radius 1 is 1.29 bits per heavy atom. The second-order valence-corrected chi connectivity index (χ2v) is 6.13. The molecule has 2 fully saturated rings. The number of nitrogens with zero attached hydrogens (tertiary/aromatic N) is 1. The average molecular weight is 229 g/mol. The minimum atomic E-state index is 0.501. The van der Waals surface area contributed by atoms with Crippen molar-refractivity contribution >= 4 is 0 Å². The van der Waals surface area contributed by atoms with E-state index in [1.807, 2.05) is 0 Å². The van der Waals surface area contributed by atoms with Crippen LogP contribution in [-0.4, -0.2) is 24.5 Å². The summed E-state index contributed by atoms with van der Waals surface area (Å²) in [5.41, 5.74) is 3.52. The van der Waals surface area contributed by atoms with Crippen molar-refractivity contribution in [2.75, 3.05) is 13.6 Å². The van der Waals surface area contributed by atoms with Crippen LogP contribution in [0, 0.1) is 6.92 Å². The van der Waals surface area contributed by atoms with E-state index in [2.05, 4.69) is 43.1 Å². The van der Waals surface area contributed by atoms with E-state index >= 15 is 0 Å². The first-order valence-electron chi connectivity index (χ1n) is 6.97. The third-order valence-corrected chi connectivity index (χ3v) is 5.02. The Labute approximate surface area is 105 Å². The minimum Gasteiger partial charge on any atom is -0.303 e. The van der Waals surface area contributed by atoms with E-state index in [1.54, 1.807) is 5.56 Å². The first-order valence-corrected chi connectivity index (χ1v) is 6.97. The molecular formula is C16H23N. The van der Waals surface area contributed by atoms with E-state index in [9.17, 15) is 0 Å². The molecule has 0 aromatic heterocycles. The fourth-order valence-corrected chi connectivity index (χ4v) is 3.89. The molecule has 1 nitrogen and oxygen atoms in total. The van der Waals surface area contributed by atoms with Crippen LogP contribution in [0.5, 0.6) is 0 Å². The highest BCUT2D eigenvalue weighted by atomic mass is 15.1. The van der Waals surface area contributed by atoms with Gasteiger partial charge in [-0.05, 0) is 57.2 Å². The van der Waals surface area contributed by atoms with E-state index in [1.165, 1.54) is 44.2 Å². The molecule has 0 N–H and O–H groups in total. The fraction of sp³-hybridized carbons (Fsp3) is 0.625. The van der Waals surface area contributed by atoms with Gasteiger partial charge in [0.2, 0.25) is 0 Å². The van der Waals surface area contributed by atoms with Gasteiger partial charge in [-0.2, -0.15) is 0 Å². The standard InChI is InChI=1S/C16H23N/c1-13-5-3-6-14(11-13)16-8-4-7-15(12-16)17(2)10-9-16/h3,5-6,11,15H,4,7-10,12H2,1-2H3/t15-,16+/m1/s1. The van der Waals surface area contributed by atoms with Crippen molar-refractivity contribution < 1.29 is 0 Å². The first-order chi connectivity index (χ1) is 8.20. The molecule has 17 heavy (non-hydrogen) atoms. The normalized spacial score (nSPS) is 33.6. The number of hydrogen-bond donors (Lipinski definition) is 0. The van der Waals surface area contributed by atoms with E-state index in [-0.39, 0.29) is 0 Å². The number of piperidine rings is 1. The van der Waals surface area contributed by atoms with Gasteiger partial charge in [-0.1, -0.05) is 36.2 Å². The fourth-order valence-electron chi connectivity index (χ4n) is 3.89. The molecule has 92 valence electrons. The monoisotopic (exact) mass is 229 g/mol. The van der Waals surface area contributed by atoms with Crippen LogP contribution < -0.4 is 0 Å². The zero-order valence-electron chi connectivity index (χ0n) is 11.1. The molecule has 1 saturated heterocycles. The molecule has 1 heteroatoms. The smallest absolute Gasteiger partial charge is 0.0101 e. The largest absolute Gasteiger partial charge is 0.303 e. The van der Waals surface area contributed by atoms with Crippen molar-refractivity contribution in [2.45, 2.75) is 50.5 Å². The number of aryl methyl sites for hydroxylation is 1. The van der Waals surface area contributed by atoms with Gasteiger partial charge in [0.05, 0.1) is 0 Å². The van der Waals surface area contributed by atoms with Crippen molar-refractivity contribution in [3.63, 3.8) is 0 Å². The minimum absolute atomic E-state index is 0.501. The lowest BCUT2D eigenvalue weighted by Gasteiger charge is -2.50. The zero-order valence-corrected chi connectivity index (χ0v) is 11.1. The van der Waals surface area contributed by atoms with Crippen LogP contribution in [-0.2, 0) is 5.41 Å². The molecule has 0 unspecified atom stereocenters. The Kier molecular flexibility index (Phi) is 2.74. The summed E-state index contributed by atoms with van der Waals surface area (Å²) in [7, 11) is 2.30. The number of likely N-dealkylation sites (tertiary alicyclic amines) is 1. The predicted octanol–water partition coefficient (Wildman–Crippen LogP) is 3.51. The lowest BCUT2D eigenvalue weighted by Crippen LogP contribution is -2.50. The van der Waals surface area contributed by atoms with Gasteiger partial charge >= 0.3 is 0 Å². The molecule has 1 aromatic rings. The average Bonchev–Trinajstić information content (AvgIpc) is 2.35. The summed E-state index contributed by atoms with van der Waals surface area (Å²) in [5, 5.41) is 0. The molecule has 1 saturated carbocycles. The van der Waals surface area contributed by atoms with Crippen LogP contribution in [0.4, 0.5) is 0 Å². The van der Waals surface area contributed by atoms with E-state index < -0.39 is 0 Å². The molecule has 1 heterocycles. The van der Waals surface area contributed by atoms with Gasteiger partial charge in [0.15, 0.2) is 0 Å². The van der Waals surface area contributed by atoms with Crippen molar-refractivity contribution in [3.8, 4) is 0 Å². The molecule has 1 aliphatic carbocycles. The summed E-state index contributed by atoms with van der Waals surface area (Å²) in [6, 6.07) is 10.1. The molecule has 3 rings (SSSR count). The highest BCUT2D eigenvalue weighted by Gasteiger charge is 2.42. The molecular weight excluding hydrogens is 206 g/mol. The van der Waals surface area contributed by atoms with Crippen molar-refractivity contribution in [3.05, 3.63) is 35.4 Å². The van der Waals surface area contributed by atoms with Crippen molar-refractivity contribution in [1.29, 1.82) is 0 Å². The Bertz CT molecular complexity index is 412. The topological polar surface area (TPSA) is 3.24 Å². The number of rotatable bonds is 1. The van der Waals surface area contributed by atoms with Crippen LogP contribution in [0.3, 0.4) is 0 Å². The van der Waals surface area contributed by atoms with Gasteiger partial charge in [-0.3, -0.25) is 0 Å². The van der Waals surface area contributed by atoms with Gasteiger partial charge in [0.1, 0.15) is 0 Å². The van der Waals surface area contributed by atoms with Crippen LogP contribution in [0.25, 0.3) is 0 Å². The molecule has 0 radical (unpaired) electrons. The number of hydrogen-bond acceptors (Lipinski definition) is 1. The third-order valence-electron chi connectivity index (χ3n) is 5.02. The molecule has 2 aliphatic rings. The summed E-state index contributed by atoms with van der Waals surface area (Å²) in [6.45, 7) is 3.49. The molecule has 1 aromatic carbocycles. The maximum Gasteiger partial charge on any atom is 0.0101 e. The Balaban J connectivity index is 1.95.